The third kappa shape index (κ3) is 3.80. The molecule has 0 atom stereocenters. The van der Waals surface area contributed by atoms with Gasteiger partial charge in [0.25, 0.3) is 5.56 Å². The van der Waals surface area contributed by atoms with Gasteiger partial charge in [-0.15, -0.1) is 0 Å². The highest BCUT2D eigenvalue weighted by Crippen LogP contribution is 2.33. The predicted molar refractivity (Wildman–Crippen MR) is 105 cm³/mol. The van der Waals surface area contributed by atoms with Gasteiger partial charge in [0.1, 0.15) is 0 Å². The molecular formula is C20H16Cl2N2O3. The van der Waals surface area contributed by atoms with Gasteiger partial charge in [0.2, 0.25) is 0 Å². The van der Waals surface area contributed by atoms with Crippen molar-refractivity contribution in [3.63, 3.8) is 0 Å². The topological polar surface area (TPSA) is 53.4 Å². The zero-order chi connectivity index (χ0) is 18.8. The number of hydrogen-bond donors (Lipinski definition) is 0. The molecule has 2 aromatic carbocycles. The molecule has 0 unspecified atom stereocenters. The number of benzene rings is 2. The normalized spacial score (nSPS) is 13.3. The summed E-state index contributed by atoms with van der Waals surface area (Å²) in [7, 11) is 0. The molecule has 0 aliphatic carbocycles. The monoisotopic (exact) mass is 402 g/mol. The van der Waals surface area contributed by atoms with Crippen LogP contribution < -0.4 is 15.0 Å². The summed E-state index contributed by atoms with van der Waals surface area (Å²) in [6.07, 6.45) is 0.839. The van der Waals surface area contributed by atoms with Gasteiger partial charge in [-0.25, -0.2) is 4.68 Å². The first-order chi connectivity index (χ1) is 13.1. The third-order valence-electron chi connectivity index (χ3n) is 4.28. The molecule has 0 radical (unpaired) electrons. The number of halogens is 2. The second kappa shape index (κ2) is 7.62. The maximum atomic E-state index is 12.3. The fraction of sp³-hybridized carbons (Fsp3) is 0.200. The maximum Gasteiger partial charge on any atom is 0.267 e. The average Bonchev–Trinajstić information content (AvgIpc) is 2.91. The SMILES string of the molecule is O=c1ccc(-c2ccc3c(c2)OCCCO3)nn1Cc1c(Cl)cccc1Cl. The zero-order valence-corrected chi connectivity index (χ0v) is 15.8. The average molecular weight is 403 g/mol. The molecule has 0 saturated heterocycles. The second-order valence-electron chi connectivity index (χ2n) is 6.13. The summed E-state index contributed by atoms with van der Waals surface area (Å²) >= 11 is 12.5. The molecular weight excluding hydrogens is 387 g/mol. The van der Waals surface area contributed by atoms with Crippen molar-refractivity contribution in [3.05, 3.63) is 74.5 Å². The number of fused-ring (bicyclic) bond motifs is 1. The first kappa shape index (κ1) is 17.9. The van der Waals surface area contributed by atoms with E-state index in [0.717, 1.165) is 12.0 Å². The van der Waals surface area contributed by atoms with Crippen LogP contribution in [0.15, 0.2) is 53.3 Å². The van der Waals surface area contributed by atoms with E-state index in [0.29, 0.717) is 46.0 Å². The van der Waals surface area contributed by atoms with Crippen molar-refractivity contribution in [2.45, 2.75) is 13.0 Å². The first-order valence-corrected chi connectivity index (χ1v) is 9.28. The molecule has 27 heavy (non-hydrogen) atoms. The molecule has 0 amide bonds. The molecule has 0 fully saturated rings. The summed E-state index contributed by atoms with van der Waals surface area (Å²) in [5.74, 6) is 1.39. The molecule has 138 valence electrons. The maximum absolute atomic E-state index is 12.3. The molecule has 0 spiro atoms. The third-order valence-corrected chi connectivity index (χ3v) is 4.99. The molecule has 0 N–H and O–H groups in total. The quantitative estimate of drug-likeness (QED) is 0.650. The van der Waals surface area contributed by atoms with E-state index in [-0.39, 0.29) is 12.1 Å². The highest BCUT2D eigenvalue weighted by Gasteiger charge is 2.14. The van der Waals surface area contributed by atoms with Gasteiger partial charge >= 0.3 is 0 Å². The fourth-order valence-corrected chi connectivity index (χ4v) is 3.39. The van der Waals surface area contributed by atoms with Gasteiger partial charge in [-0.1, -0.05) is 29.3 Å². The predicted octanol–water partition coefficient (Wildman–Crippen LogP) is 4.43. The smallest absolute Gasteiger partial charge is 0.267 e. The molecule has 3 aromatic rings. The summed E-state index contributed by atoms with van der Waals surface area (Å²) in [6, 6.07) is 14.0. The summed E-state index contributed by atoms with van der Waals surface area (Å²) in [5.41, 5.74) is 1.90. The second-order valence-corrected chi connectivity index (χ2v) is 6.94. The van der Waals surface area contributed by atoms with E-state index in [1.165, 1.54) is 10.7 Å². The van der Waals surface area contributed by atoms with E-state index in [4.69, 9.17) is 32.7 Å². The van der Waals surface area contributed by atoms with E-state index in [1.807, 2.05) is 18.2 Å². The van der Waals surface area contributed by atoms with Crippen molar-refractivity contribution < 1.29 is 9.47 Å². The molecule has 7 heteroatoms. The van der Waals surface area contributed by atoms with Gasteiger partial charge in [-0.2, -0.15) is 5.10 Å². The molecule has 5 nitrogen and oxygen atoms in total. The molecule has 0 saturated carbocycles. The number of rotatable bonds is 3. The van der Waals surface area contributed by atoms with Crippen LogP contribution in [0.3, 0.4) is 0 Å². The minimum absolute atomic E-state index is 0.190. The van der Waals surface area contributed by atoms with Crippen LogP contribution in [0.4, 0.5) is 0 Å². The van der Waals surface area contributed by atoms with E-state index in [2.05, 4.69) is 5.10 Å². The van der Waals surface area contributed by atoms with Gasteiger partial charge in [0.15, 0.2) is 11.5 Å². The van der Waals surface area contributed by atoms with Crippen molar-refractivity contribution in [3.8, 4) is 22.8 Å². The minimum Gasteiger partial charge on any atom is -0.490 e. The Morgan fingerprint density at radius 1 is 0.963 bits per heavy atom. The Balaban J connectivity index is 1.71. The van der Waals surface area contributed by atoms with E-state index in [9.17, 15) is 4.79 Å². The van der Waals surface area contributed by atoms with E-state index < -0.39 is 0 Å². The fourth-order valence-electron chi connectivity index (χ4n) is 2.87. The molecule has 0 bridgehead atoms. The Morgan fingerprint density at radius 2 is 1.70 bits per heavy atom. The number of aromatic nitrogens is 2. The van der Waals surface area contributed by atoms with Crippen molar-refractivity contribution >= 4 is 23.2 Å². The molecule has 1 aromatic heterocycles. The van der Waals surface area contributed by atoms with Crippen molar-refractivity contribution in [1.29, 1.82) is 0 Å². The lowest BCUT2D eigenvalue weighted by Crippen LogP contribution is -2.23. The van der Waals surface area contributed by atoms with Gasteiger partial charge in [0.05, 0.1) is 25.5 Å². The van der Waals surface area contributed by atoms with Crippen LogP contribution in [-0.4, -0.2) is 23.0 Å². The standard InChI is InChI=1S/C20H16Cl2N2O3/c21-15-3-1-4-16(22)14(15)12-24-20(25)8-6-17(23-24)13-5-7-18-19(11-13)27-10-2-9-26-18/h1,3-8,11H,2,9-10,12H2. The van der Waals surface area contributed by atoms with E-state index >= 15 is 0 Å². The van der Waals surface area contributed by atoms with Gasteiger partial charge in [-0.3, -0.25) is 4.79 Å². The molecule has 4 rings (SSSR count). The van der Waals surface area contributed by atoms with Gasteiger partial charge in [0, 0.05) is 33.7 Å². The van der Waals surface area contributed by atoms with Gasteiger partial charge < -0.3 is 9.47 Å². The van der Waals surface area contributed by atoms with E-state index in [1.54, 1.807) is 24.3 Å². The lowest BCUT2D eigenvalue weighted by atomic mass is 10.1. The minimum atomic E-state index is -0.232. The number of hydrogen-bond acceptors (Lipinski definition) is 4. The van der Waals surface area contributed by atoms with Crippen molar-refractivity contribution in [2.24, 2.45) is 0 Å². The summed E-state index contributed by atoms with van der Waals surface area (Å²) in [5, 5.41) is 5.48. The van der Waals surface area contributed by atoms with Gasteiger partial charge in [-0.05, 0) is 36.4 Å². The summed E-state index contributed by atoms with van der Waals surface area (Å²) in [6.45, 7) is 1.43. The molecule has 2 heterocycles. The van der Waals surface area contributed by atoms with Crippen LogP contribution in [0.5, 0.6) is 11.5 Å². The Kier molecular flexibility index (Phi) is 5.05. The Morgan fingerprint density at radius 3 is 2.48 bits per heavy atom. The van der Waals surface area contributed by atoms with Crippen molar-refractivity contribution in [2.75, 3.05) is 13.2 Å². The lowest BCUT2D eigenvalue weighted by Gasteiger charge is -2.12. The molecule has 1 aliphatic heterocycles. The Labute approximate surface area is 166 Å². The zero-order valence-electron chi connectivity index (χ0n) is 14.3. The van der Waals surface area contributed by atoms with Crippen LogP contribution in [0.1, 0.15) is 12.0 Å². The molecule has 1 aliphatic rings. The van der Waals surface area contributed by atoms with Crippen molar-refractivity contribution in [1.82, 2.24) is 9.78 Å². The van der Waals surface area contributed by atoms with Crippen LogP contribution in [0.2, 0.25) is 10.0 Å². The number of ether oxygens (including phenoxy) is 2. The number of nitrogens with zero attached hydrogens (tertiary/aromatic N) is 2. The first-order valence-electron chi connectivity index (χ1n) is 8.53. The summed E-state index contributed by atoms with van der Waals surface area (Å²) < 4.78 is 12.7. The Hall–Kier alpha value is -2.50. The van der Waals surface area contributed by atoms with Crippen LogP contribution >= 0.6 is 23.2 Å². The highest BCUT2D eigenvalue weighted by molar-refractivity contribution is 6.35. The largest absolute Gasteiger partial charge is 0.490 e. The van der Waals surface area contributed by atoms with Crippen LogP contribution in [-0.2, 0) is 6.54 Å². The lowest BCUT2D eigenvalue weighted by molar-refractivity contribution is 0.297. The highest BCUT2D eigenvalue weighted by atomic mass is 35.5. The summed E-state index contributed by atoms with van der Waals surface area (Å²) in [4.78, 5) is 12.3. The van der Waals surface area contributed by atoms with Crippen LogP contribution in [0.25, 0.3) is 11.3 Å². The Bertz CT molecular complexity index is 1030. The van der Waals surface area contributed by atoms with Crippen LogP contribution in [0, 0.1) is 0 Å².